The van der Waals surface area contributed by atoms with Crippen molar-refractivity contribution >= 4 is 11.7 Å². The van der Waals surface area contributed by atoms with Crippen LogP contribution in [-0.2, 0) is 0 Å². The molecule has 3 aliphatic carbocycles. The number of hydrazone groups is 1. The van der Waals surface area contributed by atoms with E-state index < -0.39 is 6.03 Å². The molecule has 0 aliphatic heterocycles. The summed E-state index contributed by atoms with van der Waals surface area (Å²) in [5, 5.41) is 4.06. The lowest BCUT2D eigenvalue weighted by atomic mass is 9.63. The van der Waals surface area contributed by atoms with Crippen LogP contribution < -0.4 is 11.2 Å². The molecule has 0 aromatic rings. The lowest BCUT2D eigenvalue weighted by Crippen LogP contribution is -2.36. The first-order valence-corrected chi connectivity index (χ1v) is 5.76. The van der Waals surface area contributed by atoms with E-state index in [1.54, 1.807) is 0 Å². The zero-order valence-electron chi connectivity index (χ0n) is 9.20. The Labute approximate surface area is 90.3 Å². The molecular formula is C11H19N3O. The van der Waals surface area contributed by atoms with E-state index in [2.05, 4.69) is 10.5 Å². The zero-order valence-corrected chi connectivity index (χ0v) is 9.20. The van der Waals surface area contributed by atoms with Crippen LogP contribution in [-0.4, -0.2) is 11.7 Å². The van der Waals surface area contributed by atoms with E-state index in [9.17, 15) is 4.79 Å². The molecular weight excluding hydrogens is 190 g/mol. The molecule has 0 aromatic heterocycles. The van der Waals surface area contributed by atoms with Gasteiger partial charge in [-0.25, -0.2) is 10.2 Å². The minimum atomic E-state index is -0.574. The molecule has 1 atom stereocenters. The van der Waals surface area contributed by atoms with E-state index >= 15 is 0 Å². The fourth-order valence-electron chi connectivity index (χ4n) is 3.12. The predicted octanol–water partition coefficient (Wildman–Crippen LogP) is 1.86. The normalized spacial score (nSPS) is 35.3. The molecule has 0 unspecified atom stereocenters. The van der Waals surface area contributed by atoms with Crippen LogP contribution in [0.15, 0.2) is 5.10 Å². The first-order chi connectivity index (χ1) is 7.16. The summed E-state index contributed by atoms with van der Waals surface area (Å²) in [5.41, 5.74) is 8.36. The molecule has 0 heterocycles. The number of urea groups is 1. The molecule has 3 N–H and O–H groups in total. The smallest absolute Gasteiger partial charge is 0.332 e. The van der Waals surface area contributed by atoms with Gasteiger partial charge in [-0.05, 0) is 38.0 Å². The summed E-state index contributed by atoms with van der Waals surface area (Å²) in [6.07, 6.45) is 6.69. The summed E-state index contributed by atoms with van der Waals surface area (Å²) in [4.78, 5) is 10.6. The van der Waals surface area contributed by atoms with Gasteiger partial charge in [0.15, 0.2) is 0 Å². The van der Waals surface area contributed by atoms with Crippen molar-refractivity contribution in [3.05, 3.63) is 0 Å². The number of nitrogens with one attached hydrogen (secondary N) is 1. The topological polar surface area (TPSA) is 67.5 Å². The third kappa shape index (κ3) is 2.30. The summed E-state index contributed by atoms with van der Waals surface area (Å²) in [5.74, 6) is 2.25. The van der Waals surface area contributed by atoms with Gasteiger partial charge in [-0.2, -0.15) is 5.10 Å². The third-order valence-corrected chi connectivity index (χ3v) is 3.93. The number of nitrogens with zero attached hydrogens (tertiary/aromatic N) is 1. The highest BCUT2D eigenvalue weighted by Crippen LogP contribution is 2.45. The van der Waals surface area contributed by atoms with Crippen LogP contribution in [0.5, 0.6) is 0 Å². The molecule has 2 bridgehead atoms. The number of nitrogens with two attached hydrogens (primary N) is 1. The molecule has 4 nitrogen and oxygen atoms in total. The maximum Gasteiger partial charge on any atom is 0.332 e. The average molecular weight is 209 g/mol. The number of primary amides is 1. The number of amides is 2. The van der Waals surface area contributed by atoms with Crippen LogP contribution in [0, 0.1) is 17.8 Å². The molecule has 0 radical (unpaired) electrons. The Morgan fingerprint density at radius 3 is 2.47 bits per heavy atom. The zero-order chi connectivity index (χ0) is 10.8. The molecule has 15 heavy (non-hydrogen) atoms. The second-order valence-electron chi connectivity index (χ2n) is 4.85. The minimum absolute atomic E-state index is 0.573. The Bertz CT molecular complexity index is 280. The molecule has 4 heteroatoms. The Hall–Kier alpha value is -1.06. The second-order valence-corrected chi connectivity index (χ2v) is 4.85. The molecule has 0 aromatic carbocycles. The van der Waals surface area contributed by atoms with E-state index in [1.165, 1.54) is 32.1 Å². The largest absolute Gasteiger partial charge is 0.350 e. The molecule has 3 fully saturated rings. The van der Waals surface area contributed by atoms with E-state index in [0.717, 1.165) is 17.5 Å². The predicted molar refractivity (Wildman–Crippen MR) is 59.4 cm³/mol. The Balaban J connectivity index is 1.98. The Morgan fingerprint density at radius 2 is 2.00 bits per heavy atom. The molecule has 3 rings (SSSR count). The number of rotatable bonds is 2. The SMILES string of the molecule is C/C(=N/NC(N)=O)[C@@H]1CC2CCC1CC2. The van der Waals surface area contributed by atoms with Gasteiger partial charge >= 0.3 is 6.03 Å². The Morgan fingerprint density at radius 1 is 1.33 bits per heavy atom. The van der Waals surface area contributed by atoms with Crippen molar-refractivity contribution in [3.63, 3.8) is 0 Å². The summed E-state index contributed by atoms with van der Waals surface area (Å²) < 4.78 is 0. The monoisotopic (exact) mass is 209 g/mol. The molecule has 2 amide bonds. The van der Waals surface area contributed by atoms with Gasteiger partial charge in [-0.15, -0.1) is 0 Å². The van der Waals surface area contributed by atoms with Crippen LogP contribution in [0.4, 0.5) is 4.79 Å². The van der Waals surface area contributed by atoms with Gasteiger partial charge in [0.25, 0.3) is 0 Å². The van der Waals surface area contributed by atoms with Gasteiger partial charge in [0.2, 0.25) is 0 Å². The van der Waals surface area contributed by atoms with Crippen LogP contribution in [0.25, 0.3) is 0 Å². The first kappa shape index (κ1) is 10.5. The van der Waals surface area contributed by atoms with Crippen molar-refractivity contribution in [3.8, 4) is 0 Å². The van der Waals surface area contributed by atoms with Crippen molar-refractivity contribution in [1.82, 2.24) is 5.43 Å². The maximum absolute atomic E-state index is 10.6. The van der Waals surface area contributed by atoms with Crippen LogP contribution in [0.1, 0.15) is 39.0 Å². The van der Waals surface area contributed by atoms with Crippen LogP contribution in [0.3, 0.4) is 0 Å². The standard InChI is InChI=1S/C11H19N3O/c1-7(13-14-11(12)15)10-6-8-2-4-9(10)5-3-8/h8-10H,2-6H2,1H3,(H3,12,14,15)/b13-7-/t8?,9?,10-/m0/s1. The van der Waals surface area contributed by atoms with E-state index in [0.29, 0.717) is 5.92 Å². The summed E-state index contributed by atoms with van der Waals surface area (Å²) in [7, 11) is 0. The number of hydrogen-bond donors (Lipinski definition) is 2. The first-order valence-electron chi connectivity index (χ1n) is 5.76. The highest BCUT2D eigenvalue weighted by atomic mass is 16.2. The van der Waals surface area contributed by atoms with Crippen molar-refractivity contribution in [2.24, 2.45) is 28.6 Å². The van der Waals surface area contributed by atoms with Gasteiger partial charge in [-0.3, -0.25) is 0 Å². The van der Waals surface area contributed by atoms with Crippen molar-refractivity contribution in [2.75, 3.05) is 0 Å². The van der Waals surface area contributed by atoms with Crippen molar-refractivity contribution < 1.29 is 4.79 Å². The second kappa shape index (κ2) is 4.21. The lowest BCUT2D eigenvalue weighted by molar-refractivity contribution is 0.138. The van der Waals surface area contributed by atoms with Crippen molar-refractivity contribution in [2.45, 2.75) is 39.0 Å². The summed E-state index contributed by atoms with van der Waals surface area (Å²) in [6.45, 7) is 2.00. The fourth-order valence-corrected chi connectivity index (χ4v) is 3.12. The number of fused-ring (bicyclic) bond motifs is 3. The fraction of sp³-hybridized carbons (Fsp3) is 0.818. The van der Waals surface area contributed by atoms with Gasteiger partial charge in [0.05, 0.1) is 0 Å². The average Bonchev–Trinajstić information content (AvgIpc) is 2.27. The Kier molecular flexibility index (Phi) is 2.93. The van der Waals surface area contributed by atoms with Gasteiger partial charge < -0.3 is 5.73 Å². The van der Waals surface area contributed by atoms with Crippen LogP contribution in [0.2, 0.25) is 0 Å². The van der Waals surface area contributed by atoms with E-state index in [1.807, 2.05) is 6.92 Å². The van der Waals surface area contributed by atoms with Gasteiger partial charge in [0.1, 0.15) is 0 Å². The lowest BCUT2D eigenvalue weighted by Gasteiger charge is -2.42. The summed E-state index contributed by atoms with van der Waals surface area (Å²) in [6, 6.07) is -0.574. The van der Waals surface area contributed by atoms with E-state index in [-0.39, 0.29) is 0 Å². The highest BCUT2D eigenvalue weighted by Gasteiger charge is 2.36. The van der Waals surface area contributed by atoms with Crippen molar-refractivity contribution in [1.29, 1.82) is 0 Å². The summed E-state index contributed by atoms with van der Waals surface area (Å²) >= 11 is 0. The molecule has 0 spiro atoms. The molecule has 3 aliphatic rings. The minimum Gasteiger partial charge on any atom is -0.350 e. The number of carbonyl (C=O) groups excluding carboxylic acids is 1. The number of hydrogen-bond acceptors (Lipinski definition) is 2. The van der Waals surface area contributed by atoms with Gasteiger partial charge in [-0.1, -0.05) is 12.8 Å². The van der Waals surface area contributed by atoms with Gasteiger partial charge in [0, 0.05) is 11.6 Å². The highest BCUT2D eigenvalue weighted by molar-refractivity contribution is 5.86. The quantitative estimate of drug-likeness (QED) is 0.529. The number of carbonyl (C=O) groups is 1. The molecule has 3 saturated carbocycles. The molecule has 0 saturated heterocycles. The third-order valence-electron chi connectivity index (χ3n) is 3.93. The van der Waals surface area contributed by atoms with E-state index in [4.69, 9.17) is 5.73 Å². The van der Waals surface area contributed by atoms with Crippen LogP contribution >= 0.6 is 0 Å². The molecule has 84 valence electrons. The maximum atomic E-state index is 10.6.